The van der Waals surface area contributed by atoms with Gasteiger partial charge in [0, 0.05) is 30.8 Å². The highest BCUT2D eigenvalue weighted by Gasteiger charge is 2.22. The van der Waals surface area contributed by atoms with Gasteiger partial charge >= 0.3 is 5.97 Å². The van der Waals surface area contributed by atoms with E-state index in [1.807, 2.05) is 18.2 Å². The molecule has 39 heavy (non-hydrogen) atoms. The number of nitrogens with zero attached hydrogens (tertiary/aromatic N) is 3. The summed E-state index contributed by atoms with van der Waals surface area (Å²) in [5.41, 5.74) is 5.55. The molecule has 0 saturated heterocycles. The van der Waals surface area contributed by atoms with E-state index in [9.17, 15) is 9.90 Å². The number of phenolic OH excluding ortho intramolecular Hbond substituents is 1. The second-order valence-electron chi connectivity index (χ2n) is 9.88. The Kier molecular flexibility index (Phi) is 9.92. The number of hydrogen-bond acceptors (Lipinski definition) is 5. The lowest BCUT2D eigenvalue weighted by atomic mass is 10.1. The van der Waals surface area contributed by atoms with Crippen molar-refractivity contribution < 1.29 is 14.6 Å². The predicted molar refractivity (Wildman–Crippen MR) is 156 cm³/mol. The zero-order valence-electron chi connectivity index (χ0n) is 23.3. The molecule has 0 aliphatic carbocycles. The zero-order valence-corrected chi connectivity index (χ0v) is 23.3. The topological polar surface area (TPSA) is 67.6 Å². The fraction of sp³-hybridized carbons (Fsp3) is 0.333. The first-order valence-electron chi connectivity index (χ1n) is 13.9. The molecule has 0 bridgehead atoms. The smallest absolute Gasteiger partial charge is 0.341 e. The summed E-state index contributed by atoms with van der Waals surface area (Å²) in [4.78, 5) is 19.9. The van der Waals surface area contributed by atoms with Gasteiger partial charge in [0.1, 0.15) is 17.1 Å². The number of methoxy groups -OCH3 is 1. The molecule has 6 nitrogen and oxygen atoms in total. The van der Waals surface area contributed by atoms with Crippen LogP contribution in [-0.2, 0) is 24.4 Å². The van der Waals surface area contributed by atoms with E-state index in [4.69, 9.17) is 9.72 Å². The number of unbranched alkanes of at least 4 members (excludes halogenated alkanes) is 2. The fourth-order valence-corrected chi connectivity index (χ4v) is 4.86. The minimum atomic E-state index is -0.536. The van der Waals surface area contributed by atoms with E-state index in [1.165, 1.54) is 12.8 Å². The van der Waals surface area contributed by atoms with E-state index in [0.29, 0.717) is 13.1 Å². The summed E-state index contributed by atoms with van der Waals surface area (Å²) in [7, 11) is 1.33. The van der Waals surface area contributed by atoms with Gasteiger partial charge in [0.2, 0.25) is 0 Å². The Balaban J connectivity index is 1.78. The quantitative estimate of drug-likeness (QED) is 0.185. The molecule has 1 aromatic heterocycles. The number of carbonyl (C=O) groups is 1. The van der Waals surface area contributed by atoms with Crippen LogP contribution in [0, 0.1) is 0 Å². The van der Waals surface area contributed by atoms with Crippen LogP contribution in [0.1, 0.15) is 61.1 Å². The average molecular weight is 526 g/mol. The fourth-order valence-electron chi connectivity index (χ4n) is 4.86. The Morgan fingerprint density at radius 1 is 0.897 bits per heavy atom. The van der Waals surface area contributed by atoms with E-state index in [2.05, 4.69) is 71.8 Å². The van der Waals surface area contributed by atoms with Crippen molar-refractivity contribution in [2.45, 2.75) is 59.2 Å². The number of benzene rings is 3. The van der Waals surface area contributed by atoms with Gasteiger partial charge in [0.15, 0.2) is 0 Å². The Morgan fingerprint density at radius 2 is 1.56 bits per heavy atom. The molecule has 0 atom stereocenters. The Bertz CT molecular complexity index is 1350. The summed E-state index contributed by atoms with van der Waals surface area (Å²) in [5.74, 6) is 0.388. The summed E-state index contributed by atoms with van der Waals surface area (Å²) >= 11 is 0. The summed E-state index contributed by atoms with van der Waals surface area (Å²) < 4.78 is 7.28. The maximum Gasteiger partial charge on any atom is 0.341 e. The number of carbonyl (C=O) groups excluding carboxylic acids is 1. The minimum Gasteiger partial charge on any atom is -0.507 e. The van der Waals surface area contributed by atoms with Crippen LogP contribution in [0.25, 0.3) is 22.6 Å². The van der Waals surface area contributed by atoms with Crippen LogP contribution < -0.4 is 0 Å². The van der Waals surface area contributed by atoms with Gasteiger partial charge in [-0.2, -0.15) is 0 Å². The largest absolute Gasteiger partial charge is 0.507 e. The molecule has 0 unspecified atom stereocenters. The maximum absolute atomic E-state index is 12.2. The van der Waals surface area contributed by atoms with Crippen molar-refractivity contribution >= 4 is 5.97 Å². The standard InChI is InChI=1S/C33H39N3O3/c1-4-6-20-35(23-25-18-19-30(37)28(22-25)33(38)39-3)24-29-31(26-14-10-8-11-15-26)34-32(36(29)21-7-5-2)27-16-12-9-13-17-27/h8-19,22,37H,4-7,20-21,23-24H2,1-3H3. The van der Waals surface area contributed by atoms with Gasteiger partial charge in [-0.05, 0) is 37.1 Å². The first-order valence-corrected chi connectivity index (χ1v) is 13.9. The normalized spacial score (nSPS) is 11.2. The predicted octanol–water partition coefficient (Wildman–Crippen LogP) is 7.31. The number of esters is 1. The Hall–Kier alpha value is -3.90. The molecule has 0 fully saturated rings. The zero-order chi connectivity index (χ0) is 27.6. The first kappa shape index (κ1) is 28.1. The first-order chi connectivity index (χ1) is 19.0. The van der Waals surface area contributed by atoms with Crippen LogP contribution in [0.5, 0.6) is 5.75 Å². The molecule has 6 heteroatoms. The number of aromatic nitrogens is 2. The second kappa shape index (κ2) is 13.8. The summed E-state index contributed by atoms with van der Waals surface area (Å²) in [6, 6.07) is 26.0. The lowest BCUT2D eigenvalue weighted by Crippen LogP contribution is -2.26. The Morgan fingerprint density at radius 3 is 2.21 bits per heavy atom. The molecule has 1 N–H and O–H groups in total. The average Bonchev–Trinajstić information content (AvgIpc) is 3.33. The number of phenols is 1. The number of aromatic hydroxyl groups is 1. The number of hydrogen-bond donors (Lipinski definition) is 1. The van der Waals surface area contributed by atoms with Gasteiger partial charge < -0.3 is 14.4 Å². The van der Waals surface area contributed by atoms with Crippen LogP contribution in [0.15, 0.2) is 78.9 Å². The molecule has 0 saturated carbocycles. The van der Waals surface area contributed by atoms with Crippen molar-refractivity contribution in [1.29, 1.82) is 0 Å². The molecule has 3 aromatic carbocycles. The van der Waals surface area contributed by atoms with E-state index < -0.39 is 5.97 Å². The van der Waals surface area contributed by atoms with Crippen LogP contribution in [-0.4, -0.2) is 39.2 Å². The van der Waals surface area contributed by atoms with Gasteiger partial charge in [0.05, 0.1) is 18.5 Å². The van der Waals surface area contributed by atoms with Crippen molar-refractivity contribution in [3.8, 4) is 28.4 Å². The molecule has 0 spiro atoms. The van der Waals surface area contributed by atoms with E-state index in [0.717, 1.165) is 67.0 Å². The highest BCUT2D eigenvalue weighted by Crippen LogP contribution is 2.31. The van der Waals surface area contributed by atoms with Gasteiger partial charge in [0.25, 0.3) is 0 Å². The number of rotatable bonds is 13. The molecule has 0 amide bonds. The maximum atomic E-state index is 12.2. The van der Waals surface area contributed by atoms with Gasteiger partial charge in [-0.25, -0.2) is 9.78 Å². The molecule has 4 aromatic rings. The van der Waals surface area contributed by atoms with Crippen molar-refractivity contribution in [3.63, 3.8) is 0 Å². The van der Waals surface area contributed by atoms with Crippen LogP contribution in [0.3, 0.4) is 0 Å². The summed E-state index contributed by atoms with van der Waals surface area (Å²) in [5, 5.41) is 10.2. The second-order valence-corrected chi connectivity index (χ2v) is 9.88. The van der Waals surface area contributed by atoms with E-state index in [-0.39, 0.29) is 11.3 Å². The van der Waals surface area contributed by atoms with Crippen molar-refractivity contribution in [2.24, 2.45) is 0 Å². The van der Waals surface area contributed by atoms with Crippen molar-refractivity contribution in [1.82, 2.24) is 14.5 Å². The molecular formula is C33H39N3O3. The molecule has 0 radical (unpaired) electrons. The van der Waals surface area contributed by atoms with Crippen molar-refractivity contribution in [2.75, 3.05) is 13.7 Å². The highest BCUT2D eigenvalue weighted by atomic mass is 16.5. The molecule has 204 valence electrons. The highest BCUT2D eigenvalue weighted by molar-refractivity contribution is 5.92. The Labute approximate surface area is 231 Å². The SMILES string of the molecule is CCCCN(Cc1ccc(O)c(C(=O)OC)c1)Cc1c(-c2ccccc2)nc(-c2ccccc2)n1CCCC. The monoisotopic (exact) mass is 525 g/mol. The lowest BCUT2D eigenvalue weighted by molar-refractivity contribution is 0.0597. The molecule has 1 heterocycles. The summed E-state index contributed by atoms with van der Waals surface area (Å²) in [6.07, 6.45) is 4.29. The van der Waals surface area contributed by atoms with Crippen LogP contribution in [0.2, 0.25) is 0 Å². The number of imidazole rings is 1. The third-order valence-corrected chi connectivity index (χ3v) is 6.96. The molecule has 4 rings (SSSR count). The minimum absolute atomic E-state index is 0.0674. The van der Waals surface area contributed by atoms with Gasteiger partial charge in [-0.15, -0.1) is 0 Å². The van der Waals surface area contributed by atoms with E-state index >= 15 is 0 Å². The molecule has 0 aliphatic heterocycles. The third-order valence-electron chi connectivity index (χ3n) is 6.96. The van der Waals surface area contributed by atoms with Crippen LogP contribution in [0.4, 0.5) is 0 Å². The van der Waals surface area contributed by atoms with Crippen LogP contribution >= 0.6 is 0 Å². The van der Waals surface area contributed by atoms with Gasteiger partial charge in [-0.1, -0.05) is 93.4 Å². The third kappa shape index (κ3) is 6.95. The molecule has 0 aliphatic rings. The summed E-state index contributed by atoms with van der Waals surface area (Å²) in [6.45, 7) is 7.55. The number of ether oxygens (including phenoxy) is 1. The lowest BCUT2D eigenvalue weighted by Gasteiger charge is -2.24. The van der Waals surface area contributed by atoms with Crippen molar-refractivity contribution in [3.05, 3.63) is 95.7 Å². The van der Waals surface area contributed by atoms with E-state index in [1.54, 1.807) is 12.1 Å². The van der Waals surface area contributed by atoms with Gasteiger partial charge in [-0.3, -0.25) is 4.90 Å². The molecular weight excluding hydrogens is 486 g/mol.